The predicted molar refractivity (Wildman–Crippen MR) is 121 cm³/mol. The van der Waals surface area contributed by atoms with E-state index in [0.717, 1.165) is 12.1 Å². The van der Waals surface area contributed by atoms with E-state index in [0.29, 0.717) is 16.1 Å². The first kappa shape index (κ1) is 26.5. The molecular weight excluding hydrogens is 518 g/mol. The zero-order chi connectivity index (χ0) is 26.3. The smallest absolute Gasteiger partial charge is 0.454 e. The summed E-state index contributed by atoms with van der Waals surface area (Å²) >= 11 is 6.01. The van der Waals surface area contributed by atoms with E-state index in [2.05, 4.69) is 46.8 Å². The first-order valence-electron chi connectivity index (χ1n) is 9.70. The summed E-state index contributed by atoms with van der Waals surface area (Å²) in [5.74, 6) is -1.03. The van der Waals surface area contributed by atoms with Crippen molar-refractivity contribution in [2.24, 2.45) is 5.10 Å². The Kier molecular flexibility index (Phi) is 8.19. The second-order valence-electron chi connectivity index (χ2n) is 6.72. The number of benzene rings is 2. The maximum atomic E-state index is 12.6. The number of hydrogen-bond acceptors (Lipinski definition) is 8. The molecule has 15 heteroatoms. The van der Waals surface area contributed by atoms with Gasteiger partial charge in [0.25, 0.3) is 5.95 Å². The Morgan fingerprint density at radius 1 is 0.972 bits per heavy atom. The number of rotatable bonds is 9. The number of hydrogen-bond donors (Lipinski definition) is 2. The lowest BCUT2D eigenvalue weighted by atomic mass is 10.1. The van der Waals surface area contributed by atoms with Gasteiger partial charge in [-0.15, -0.1) is 13.2 Å². The molecule has 0 spiro atoms. The molecule has 0 aliphatic heterocycles. The zero-order valence-corrected chi connectivity index (χ0v) is 18.6. The molecule has 1 aromatic heterocycles. The van der Waals surface area contributed by atoms with Crippen molar-refractivity contribution in [3.05, 3.63) is 65.2 Å². The van der Waals surface area contributed by atoms with Crippen LogP contribution in [0.3, 0.4) is 0 Å². The summed E-state index contributed by atoms with van der Waals surface area (Å²) in [6.07, 6.45) is -6.61. The van der Waals surface area contributed by atoms with Crippen molar-refractivity contribution in [3.63, 3.8) is 0 Å². The monoisotopic (exact) mass is 532 g/mol. The van der Waals surface area contributed by atoms with Gasteiger partial charge in [-0.2, -0.15) is 33.2 Å². The molecular formula is C21H15ClF6N6O2. The molecule has 0 fully saturated rings. The highest BCUT2D eigenvalue weighted by Gasteiger charge is 2.31. The topological polar surface area (TPSA) is 93.6 Å². The van der Waals surface area contributed by atoms with Crippen molar-refractivity contribution >= 4 is 41.5 Å². The van der Waals surface area contributed by atoms with Crippen LogP contribution in [0.4, 0.5) is 43.9 Å². The Hall–Kier alpha value is -4.07. The first-order valence-corrected chi connectivity index (χ1v) is 10.1. The van der Waals surface area contributed by atoms with E-state index in [1.165, 1.54) is 18.3 Å². The number of nitrogens with zero attached hydrogens (tertiary/aromatic N) is 4. The number of anilines is 3. The molecule has 0 saturated carbocycles. The molecule has 0 aliphatic rings. The van der Waals surface area contributed by atoms with E-state index in [1.54, 1.807) is 24.3 Å². The molecule has 3 rings (SSSR count). The van der Waals surface area contributed by atoms with E-state index >= 15 is 0 Å². The number of aromatic nitrogens is 3. The van der Waals surface area contributed by atoms with Crippen LogP contribution in [0.25, 0.3) is 6.08 Å². The average Bonchev–Trinajstić information content (AvgIpc) is 2.79. The van der Waals surface area contributed by atoms with E-state index in [9.17, 15) is 26.3 Å². The molecule has 0 aliphatic carbocycles. The van der Waals surface area contributed by atoms with Gasteiger partial charge in [0.05, 0.1) is 6.21 Å². The molecule has 0 unspecified atom stereocenters. The van der Waals surface area contributed by atoms with Gasteiger partial charge in [-0.1, -0.05) is 30.3 Å². The molecule has 2 aromatic carbocycles. The minimum Gasteiger partial charge on any atom is -0.454 e. The normalized spacial score (nSPS) is 11.9. The van der Waals surface area contributed by atoms with Crippen molar-refractivity contribution in [1.82, 2.24) is 15.0 Å². The van der Waals surface area contributed by atoms with Crippen LogP contribution >= 0.6 is 11.6 Å². The Bertz CT molecular complexity index is 1240. The standard InChI is InChI=1S/C21H15ClF6N6O2/c1-2-13-9-12(3-8-16(13)22)10-29-34-18-31-17(32-19(33-18)35-11-20(23,24)25)30-14-4-6-15(7-5-14)36-21(26,27)28/h2-10H,1,11H2,(H2,30,31,32,33,34)/b29-10+. The maximum absolute atomic E-state index is 12.6. The van der Waals surface area contributed by atoms with Crippen LogP contribution in [0.1, 0.15) is 11.1 Å². The fourth-order valence-electron chi connectivity index (χ4n) is 2.51. The van der Waals surface area contributed by atoms with Gasteiger partial charge in [0.2, 0.25) is 5.95 Å². The Balaban J connectivity index is 1.79. The molecule has 3 aromatic rings. The molecule has 0 atom stereocenters. The highest BCUT2D eigenvalue weighted by Crippen LogP contribution is 2.25. The van der Waals surface area contributed by atoms with Crippen LogP contribution in [-0.4, -0.2) is 40.3 Å². The minimum atomic E-state index is -4.87. The van der Waals surface area contributed by atoms with Gasteiger partial charge < -0.3 is 14.8 Å². The average molecular weight is 533 g/mol. The van der Waals surface area contributed by atoms with Crippen LogP contribution in [0.15, 0.2) is 54.1 Å². The van der Waals surface area contributed by atoms with Gasteiger partial charge in [0.1, 0.15) is 5.75 Å². The van der Waals surface area contributed by atoms with E-state index in [1.807, 2.05) is 0 Å². The molecule has 0 saturated heterocycles. The van der Waals surface area contributed by atoms with E-state index in [-0.39, 0.29) is 17.6 Å². The first-order chi connectivity index (χ1) is 16.9. The quantitative estimate of drug-likeness (QED) is 0.193. The van der Waals surface area contributed by atoms with Gasteiger partial charge in [-0.25, -0.2) is 5.43 Å². The summed E-state index contributed by atoms with van der Waals surface area (Å²) in [5, 5.41) is 7.03. The number of alkyl halides is 6. The molecule has 1 heterocycles. The second kappa shape index (κ2) is 11.1. The number of halogens is 7. The number of ether oxygens (including phenoxy) is 2. The molecule has 2 N–H and O–H groups in total. The van der Waals surface area contributed by atoms with Crippen LogP contribution in [0, 0.1) is 0 Å². The third-order valence-corrected chi connectivity index (χ3v) is 4.29. The Labute approximate surface area is 204 Å². The van der Waals surface area contributed by atoms with Crippen molar-refractivity contribution in [2.75, 3.05) is 17.3 Å². The van der Waals surface area contributed by atoms with Crippen LogP contribution in [-0.2, 0) is 0 Å². The van der Waals surface area contributed by atoms with Crippen LogP contribution < -0.4 is 20.2 Å². The van der Waals surface area contributed by atoms with Crippen molar-refractivity contribution in [1.29, 1.82) is 0 Å². The largest absolute Gasteiger partial charge is 0.573 e. The Morgan fingerprint density at radius 3 is 2.31 bits per heavy atom. The summed E-state index contributed by atoms with van der Waals surface area (Å²) in [4.78, 5) is 11.4. The third kappa shape index (κ3) is 8.61. The molecule has 0 bridgehead atoms. The zero-order valence-electron chi connectivity index (χ0n) is 17.9. The summed E-state index contributed by atoms with van der Waals surface area (Å²) in [6.45, 7) is 1.97. The number of hydrazone groups is 1. The van der Waals surface area contributed by atoms with Crippen molar-refractivity contribution in [3.8, 4) is 11.8 Å². The summed E-state index contributed by atoms with van der Waals surface area (Å²) in [5.41, 5.74) is 3.91. The van der Waals surface area contributed by atoms with Crippen LogP contribution in [0.2, 0.25) is 5.02 Å². The molecule has 190 valence electrons. The lowest BCUT2D eigenvalue weighted by molar-refractivity contribution is -0.274. The van der Waals surface area contributed by atoms with Crippen molar-refractivity contribution < 1.29 is 35.8 Å². The van der Waals surface area contributed by atoms with Gasteiger partial charge in [-0.05, 0) is 47.5 Å². The molecule has 0 amide bonds. The lowest BCUT2D eigenvalue weighted by Gasteiger charge is -2.12. The fourth-order valence-corrected chi connectivity index (χ4v) is 2.70. The summed E-state index contributed by atoms with van der Waals surface area (Å²) in [7, 11) is 0. The van der Waals surface area contributed by atoms with Gasteiger partial charge in [0, 0.05) is 10.7 Å². The number of nitrogens with one attached hydrogen (secondary N) is 2. The molecule has 36 heavy (non-hydrogen) atoms. The van der Waals surface area contributed by atoms with Gasteiger partial charge in [0.15, 0.2) is 6.61 Å². The lowest BCUT2D eigenvalue weighted by Crippen LogP contribution is -2.20. The predicted octanol–water partition coefficient (Wildman–Crippen LogP) is 6.20. The highest BCUT2D eigenvalue weighted by atomic mass is 35.5. The highest BCUT2D eigenvalue weighted by molar-refractivity contribution is 6.32. The van der Waals surface area contributed by atoms with E-state index < -0.39 is 30.9 Å². The molecule has 0 radical (unpaired) electrons. The second-order valence-corrected chi connectivity index (χ2v) is 7.13. The Morgan fingerprint density at radius 2 is 1.67 bits per heavy atom. The van der Waals surface area contributed by atoms with Crippen LogP contribution in [0.5, 0.6) is 11.8 Å². The molecule has 8 nitrogen and oxygen atoms in total. The maximum Gasteiger partial charge on any atom is 0.573 e. The van der Waals surface area contributed by atoms with Gasteiger partial charge in [-0.3, -0.25) is 0 Å². The summed E-state index contributed by atoms with van der Waals surface area (Å²) < 4.78 is 83.0. The van der Waals surface area contributed by atoms with Gasteiger partial charge >= 0.3 is 18.5 Å². The minimum absolute atomic E-state index is 0.199. The fraction of sp³-hybridized carbons (Fsp3) is 0.143. The summed E-state index contributed by atoms with van der Waals surface area (Å²) in [6, 6.07) is 8.75. The van der Waals surface area contributed by atoms with Crippen molar-refractivity contribution in [2.45, 2.75) is 12.5 Å². The SMILES string of the molecule is C=Cc1cc(/C=N/Nc2nc(Nc3ccc(OC(F)(F)F)cc3)nc(OCC(F)(F)F)n2)ccc1Cl. The third-order valence-electron chi connectivity index (χ3n) is 3.94. The van der Waals surface area contributed by atoms with E-state index in [4.69, 9.17) is 11.6 Å².